The largest absolute Gasteiger partial charge is 0.548 e. The van der Waals surface area contributed by atoms with Gasteiger partial charge in [-0.15, -0.1) is 0 Å². The molecule has 1 aromatic heterocycles. The van der Waals surface area contributed by atoms with Gasteiger partial charge in [-0.05, 0) is 30.3 Å². The summed E-state index contributed by atoms with van der Waals surface area (Å²) < 4.78 is 1.64. The minimum atomic E-state index is -1.16. The van der Waals surface area contributed by atoms with Gasteiger partial charge in [-0.25, -0.2) is 0 Å². The Labute approximate surface area is 173 Å². The summed E-state index contributed by atoms with van der Waals surface area (Å²) in [7, 11) is 0. The number of carboxylic acids is 1. The van der Waals surface area contributed by atoms with E-state index in [0.29, 0.717) is 5.57 Å². The molecule has 5 rings (SSSR count). The Hall–Kier alpha value is -4.12. The number of aromatic nitrogens is 1. The molecule has 3 aromatic carbocycles. The monoisotopic (exact) mass is 393 g/mol. The maximum absolute atomic E-state index is 13.4. The van der Waals surface area contributed by atoms with E-state index in [1.165, 1.54) is 0 Å². The number of para-hydroxylation sites is 3. The SMILES string of the molecule is O=C([O-])Cn1cc(/C=C2/C(=O)N(c3ccccc3)c3ccccc32)c2ccccc21. The van der Waals surface area contributed by atoms with Crippen LogP contribution in [0.25, 0.3) is 22.6 Å². The third-order valence-corrected chi connectivity index (χ3v) is 5.30. The van der Waals surface area contributed by atoms with Gasteiger partial charge < -0.3 is 14.5 Å². The Morgan fingerprint density at radius 3 is 2.40 bits per heavy atom. The number of hydrogen-bond acceptors (Lipinski definition) is 3. The second-order valence-corrected chi connectivity index (χ2v) is 7.15. The number of fused-ring (bicyclic) bond motifs is 2. The molecule has 0 radical (unpaired) electrons. The minimum Gasteiger partial charge on any atom is -0.548 e. The molecule has 0 saturated heterocycles. The molecule has 0 atom stereocenters. The molecule has 2 heterocycles. The standard InChI is InChI=1S/C25H18N2O3/c28-24(29)16-26-15-17(19-10-4-6-12-22(19)26)14-21-20-11-5-7-13-23(20)27(25(21)30)18-8-2-1-3-9-18/h1-15H,16H2,(H,28,29)/p-1/b21-14+. The van der Waals surface area contributed by atoms with Gasteiger partial charge in [0.05, 0.1) is 23.8 Å². The van der Waals surface area contributed by atoms with Crippen molar-refractivity contribution in [2.24, 2.45) is 0 Å². The van der Waals surface area contributed by atoms with Crippen molar-refractivity contribution in [2.75, 3.05) is 4.90 Å². The molecule has 0 saturated carbocycles. The molecule has 30 heavy (non-hydrogen) atoms. The van der Waals surface area contributed by atoms with Crippen LogP contribution in [0.5, 0.6) is 0 Å². The zero-order valence-electron chi connectivity index (χ0n) is 16.0. The summed E-state index contributed by atoms with van der Waals surface area (Å²) in [6.07, 6.45) is 3.60. The van der Waals surface area contributed by atoms with E-state index < -0.39 is 5.97 Å². The molecule has 5 heteroatoms. The van der Waals surface area contributed by atoms with Crippen LogP contribution in [0.3, 0.4) is 0 Å². The maximum atomic E-state index is 13.4. The summed E-state index contributed by atoms with van der Waals surface area (Å²) in [6.45, 7) is -0.246. The number of carbonyl (C=O) groups excluding carboxylic acids is 2. The van der Waals surface area contributed by atoms with Crippen LogP contribution < -0.4 is 10.0 Å². The van der Waals surface area contributed by atoms with Gasteiger partial charge in [-0.1, -0.05) is 54.6 Å². The van der Waals surface area contributed by atoms with Crippen molar-refractivity contribution in [3.05, 3.63) is 96.2 Å². The number of aliphatic carboxylic acids is 1. The highest BCUT2D eigenvalue weighted by molar-refractivity contribution is 6.38. The van der Waals surface area contributed by atoms with Crippen molar-refractivity contribution < 1.29 is 14.7 Å². The summed E-state index contributed by atoms with van der Waals surface area (Å²) in [6, 6.07) is 24.8. The molecule has 146 valence electrons. The zero-order valence-corrected chi connectivity index (χ0v) is 16.0. The molecule has 1 aliphatic heterocycles. The highest BCUT2D eigenvalue weighted by Crippen LogP contribution is 2.42. The Bertz CT molecular complexity index is 1320. The van der Waals surface area contributed by atoms with Gasteiger partial charge in [-0.3, -0.25) is 9.69 Å². The van der Waals surface area contributed by atoms with E-state index in [1.807, 2.05) is 84.9 Å². The smallest absolute Gasteiger partial charge is 0.263 e. The normalized spacial score (nSPS) is 14.5. The lowest BCUT2D eigenvalue weighted by Gasteiger charge is -2.16. The van der Waals surface area contributed by atoms with Crippen molar-refractivity contribution in [3.63, 3.8) is 0 Å². The van der Waals surface area contributed by atoms with E-state index in [0.717, 1.165) is 33.4 Å². The number of carbonyl (C=O) groups is 2. The number of carboxylic acid groups (broad SMARTS) is 1. The van der Waals surface area contributed by atoms with Gasteiger partial charge in [0.2, 0.25) is 0 Å². The highest BCUT2D eigenvalue weighted by atomic mass is 16.4. The second-order valence-electron chi connectivity index (χ2n) is 7.15. The first-order valence-electron chi connectivity index (χ1n) is 9.62. The average molecular weight is 393 g/mol. The lowest BCUT2D eigenvalue weighted by Crippen LogP contribution is -2.27. The molecule has 0 unspecified atom stereocenters. The van der Waals surface area contributed by atoms with Crippen molar-refractivity contribution in [3.8, 4) is 0 Å². The third-order valence-electron chi connectivity index (χ3n) is 5.30. The van der Waals surface area contributed by atoms with Gasteiger partial charge in [-0.2, -0.15) is 0 Å². The molecule has 0 fully saturated rings. The molecule has 0 bridgehead atoms. The molecule has 4 aromatic rings. The Morgan fingerprint density at radius 1 is 0.900 bits per heavy atom. The number of benzene rings is 3. The van der Waals surface area contributed by atoms with Gasteiger partial charge >= 0.3 is 0 Å². The summed E-state index contributed by atoms with van der Waals surface area (Å²) >= 11 is 0. The van der Waals surface area contributed by atoms with Crippen LogP contribution >= 0.6 is 0 Å². The Kier molecular flexibility index (Phi) is 4.21. The molecule has 0 N–H and O–H groups in total. The zero-order chi connectivity index (χ0) is 20.7. The first-order chi connectivity index (χ1) is 14.6. The van der Waals surface area contributed by atoms with Crippen LogP contribution in [-0.4, -0.2) is 16.4 Å². The van der Waals surface area contributed by atoms with Crippen LogP contribution in [0.1, 0.15) is 11.1 Å². The first-order valence-corrected chi connectivity index (χ1v) is 9.62. The van der Waals surface area contributed by atoms with E-state index in [4.69, 9.17) is 0 Å². The Morgan fingerprint density at radius 2 is 1.60 bits per heavy atom. The molecule has 0 spiro atoms. The number of hydrogen-bond donors (Lipinski definition) is 0. The summed E-state index contributed by atoms with van der Waals surface area (Å²) in [5, 5.41) is 12.1. The highest BCUT2D eigenvalue weighted by Gasteiger charge is 2.33. The third kappa shape index (κ3) is 2.88. The topological polar surface area (TPSA) is 65.4 Å². The number of nitrogens with zero attached hydrogens (tertiary/aromatic N) is 2. The predicted octanol–water partition coefficient (Wildman–Crippen LogP) is 3.61. The van der Waals surface area contributed by atoms with E-state index in [9.17, 15) is 14.7 Å². The van der Waals surface area contributed by atoms with Gasteiger partial charge in [0.25, 0.3) is 5.91 Å². The van der Waals surface area contributed by atoms with E-state index in [1.54, 1.807) is 15.7 Å². The molecule has 1 aliphatic rings. The fourth-order valence-corrected chi connectivity index (χ4v) is 4.03. The summed E-state index contributed by atoms with van der Waals surface area (Å²) in [5.74, 6) is -1.27. The Balaban J connectivity index is 1.68. The lowest BCUT2D eigenvalue weighted by molar-refractivity contribution is -0.306. The van der Waals surface area contributed by atoms with Crippen molar-refractivity contribution in [2.45, 2.75) is 6.54 Å². The fourth-order valence-electron chi connectivity index (χ4n) is 4.03. The predicted molar refractivity (Wildman–Crippen MR) is 115 cm³/mol. The molecule has 5 nitrogen and oxygen atoms in total. The number of rotatable bonds is 4. The number of anilines is 2. The minimum absolute atomic E-state index is 0.112. The second kappa shape index (κ2) is 7.04. The van der Waals surface area contributed by atoms with Crippen LogP contribution in [-0.2, 0) is 16.1 Å². The summed E-state index contributed by atoms with van der Waals surface area (Å²) in [5.41, 5.74) is 4.64. The van der Waals surface area contributed by atoms with Crippen LogP contribution in [0.4, 0.5) is 11.4 Å². The molecular weight excluding hydrogens is 376 g/mol. The van der Waals surface area contributed by atoms with Gasteiger partial charge in [0.15, 0.2) is 0 Å². The fraction of sp³-hybridized carbons (Fsp3) is 0.0400. The lowest BCUT2D eigenvalue weighted by atomic mass is 10.0. The van der Waals surface area contributed by atoms with Crippen LogP contribution in [0.15, 0.2) is 85.1 Å². The van der Waals surface area contributed by atoms with Crippen LogP contribution in [0.2, 0.25) is 0 Å². The molecular formula is C25H17N2O3-. The summed E-state index contributed by atoms with van der Waals surface area (Å²) in [4.78, 5) is 26.3. The van der Waals surface area contributed by atoms with Crippen molar-refractivity contribution >= 4 is 45.8 Å². The maximum Gasteiger partial charge on any atom is 0.263 e. The number of amides is 1. The molecule has 0 aliphatic carbocycles. The van der Waals surface area contributed by atoms with E-state index in [2.05, 4.69) is 0 Å². The van der Waals surface area contributed by atoms with Crippen molar-refractivity contribution in [1.82, 2.24) is 4.57 Å². The van der Waals surface area contributed by atoms with E-state index in [-0.39, 0.29) is 12.5 Å². The van der Waals surface area contributed by atoms with Crippen LogP contribution in [0, 0.1) is 0 Å². The van der Waals surface area contributed by atoms with Gasteiger partial charge in [0.1, 0.15) is 0 Å². The van der Waals surface area contributed by atoms with E-state index >= 15 is 0 Å². The van der Waals surface area contributed by atoms with Gasteiger partial charge in [0, 0.05) is 33.9 Å². The van der Waals surface area contributed by atoms with Crippen molar-refractivity contribution in [1.29, 1.82) is 0 Å². The first kappa shape index (κ1) is 17.9. The quantitative estimate of drug-likeness (QED) is 0.498. The molecule has 1 amide bonds. The average Bonchev–Trinajstić information content (AvgIpc) is 3.24.